The van der Waals surface area contributed by atoms with Gasteiger partial charge < -0.3 is 10.2 Å². The lowest BCUT2D eigenvalue weighted by Gasteiger charge is -2.45. The third-order valence-corrected chi connectivity index (χ3v) is 6.00. The van der Waals surface area contributed by atoms with Crippen molar-refractivity contribution in [3.05, 3.63) is 0 Å². The standard InChI is InChI=1S/C19H31NO4/c1-6-9-11-19(12-10-7-2)14-17(4,15(21)22)20(13-8-3)18(19,5)16(23)24/h3H,6-7,9-14H2,1-2,4-5H3,(H,21,22)(H,23,24). The fraction of sp³-hybridized carbons (Fsp3) is 0.789. The van der Waals surface area contributed by atoms with Gasteiger partial charge in [-0.05, 0) is 33.1 Å². The van der Waals surface area contributed by atoms with Crippen LogP contribution in [0.2, 0.25) is 0 Å². The van der Waals surface area contributed by atoms with Gasteiger partial charge in [-0.3, -0.25) is 14.5 Å². The van der Waals surface area contributed by atoms with Crippen LogP contribution in [0.25, 0.3) is 0 Å². The van der Waals surface area contributed by atoms with E-state index in [2.05, 4.69) is 19.8 Å². The van der Waals surface area contributed by atoms with Crippen LogP contribution in [0.3, 0.4) is 0 Å². The first kappa shape index (κ1) is 20.5. The van der Waals surface area contributed by atoms with Crippen LogP contribution >= 0.6 is 0 Å². The second kappa shape index (κ2) is 7.57. The zero-order valence-electron chi connectivity index (χ0n) is 15.4. The van der Waals surface area contributed by atoms with Crippen LogP contribution in [0, 0.1) is 17.8 Å². The molecule has 136 valence electrons. The summed E-state index contributed by atoms with van der Waals surface area (Å²) in [5.41, 5.74) is -3.13. The highest BCUT2D eigenvalue weighted by Crippen LogP contribution is 2.58. The Labute approximate surface area is 145 Å². The summed E-state index contributed by atoms with van der Waals surface area (Å²) in [6, 6.07) is 0. The number of carbonyl (C=O) groups is 2. The lowest BCUT2D eigenvalue weighted by molar-refractivity contribution is -0.161. The van der Waals surface area contributed by atoms with E-state index in [9.17, 15) is 19.8 Å². The maximum absolute atomic E-state index is 12.4. The number of rotatable bonds is 9. The molecule has 5 nitrogen and oxygen atoms in total. The van der Waals surface area contributed by atoms with Crippen molar-refractivity contribution in [2.45, 2.75) is 83.7 Å². The van der Waals surface area contributed by atoms with E-state index in [1.165, 1.54) is 4.90 Å². The average molecular weight is 337 g/mol. The molecular formula is C19H31NO4. The molecular weight excluding hydrogens is 306 g/mol. The van der Waals surface area contributed by atoms with Crippen LogP contribution in [0.5, 0.6) is 0 Å². The number of likely N-dealkylation sites (tertiary alicyclic amines) is 1. The van der Waals surface area contributed by atoms with Crippen molar-refractivity contribution in [2.24, 2.45) is 5.41 Å². The second-order valence-corrected chi connectivity index (χ2v) is 7.41. The van der Waals surface area contributed by atoms with Gasteiger partial charge in [0, 0.05) is 5.41 Å². The minimum atomic E-state index is -1.28. The van der Waals surface area contributed by atoms with Crippen LogP contribution in [0.15, 0.2) is 0 Å². The third kappa shape index (κ3) is 3.04. The van der Waals surface area contributed by atoms with Crippen LogP contribution in [0.4, 0.5) is 0 Å². The maximum atomic E-state index is 12.4. The minimum Gasteiger partial charge on any atom is -0.480 e. The van der Waals surface area contributed by atoms with E-state index in [1.54, 1.807) is 13.8 Å². The highest BCUT2D eigenvalue weighted by molar-refractivity contribution is 5.86. The first-order valence-electron chi connectivity index (χ1n) is 8.84. The quantitative estimate of drug-likeness (QED) is 0.631. The van der Waals surface area contributed by atoms with Crippen molar-refractivity contribution in [3.63, 3.8) is 0 Å². The summed E-state index contributed by atoms with van der Waals surface area (Å²) in [5.74, 6) is 0.502. The number of unbranched alkanes of at least 4 members (excludes halogenated alkanes) is 2. The molecule has 1 rings (SSSR count). The number of carboxylic acid groups (broad SMARTS) is 2. The molecule has 0 aromatic heterocycles. The van der Waals surface area contributed by atoms with E-state index in [0.717, 1.165) is 25.7 Å². The van der Waals surface area contributed by atoms with Crippen LogP contribution in [-0.2, 0) is 9.59 Å². The number of nitrogens with zero attached hydrogens (tertiary/aromatic N) is 1. The molecule has 2 N–H and O–H groups in total. The maximum Gasteiger partial charge on any atom is 0.324 e. The van der Waals surface area contributed by atoms with Crippen LogP contribution < -0.4 is 0 Å². The van der Waals surface area contributed by atoms with Crippen molar-refractivity contribution >= 4 is 11.9 Å². The van der Waals surface area contributed by atoms with Crippen molar-refractivity contribution < 1.29 is 19.8 Å². The molecule has 0 aromatic rings. The molecule has 0 amide bonds. The normalized spacial score (nSPS) is 29.3. The van der Waals surface area contributed by atoms with Gasteiger partial charge in [0.1, 0.15) is 11.1 Å². The summed E-state index contributed by atoms with van der Waals surface area (Å²) < 4.78 is 0. The highest BCUT2D eigenvalue weighted by atomic mass is 16.4. The number of aliphatic carboxylic acids is 2. The molecule has 5 heteroatoms. The third-order valence-electron chi connectivity index (χ3n) is 6.00. The Hall–Kier alpha value is -1.54. The van der Waals surface area contributed by atoms with Crippen molar-refractivity contribution in [3.8, 4) is 12.3 Å². The van der Waals surface area contributed by atoms with Crippen LogP contribution in [0.1, 0.15) is 72.6 Å². The zero-order valence-corrected chi connectivity index (χ0v) is 15.4. The smallest absolute Gasteiger partial charge is 0.324 e. The molecule has 1 saturated heterocycles. The second-order valence-electron chi connectivity index (χ2n) is 7.41. The number of carboxylic acids is 2. The molecule has 0 bridgehead atoms. The van der Waals surface area contributed by atoms with E-state index < -0.39 is 28.4 Å². The zero-order chi connectivity index (χ0) is 18.6. The molecule has 1 fully saturated rings. The molecule has 1 aliphatic heterocycles. The van der Waals surface area contributed by atoms with Gasteiger partial charge >= 0.3 is 11.9 Å². The summed E-state index contributed by atoms with van der Waals surface area (Å²) in [6.45, 7) is 7.44. The molecule has 0 saturated carbocycles. The summed E-state index contributed by atoms with van der Waals surface area (Å²) in [6.07, 6.45) is 10.8. The van der Waals surface area contributed by atoms with E-state index in [4.69, 9.17) is 6.42 Å². The average Bonchev–Trinajstić information content (AvgIpc) is 2.72. The minimum absolute atomic E-state index is 0.0194. The predicted molar refractivity (Wildman–Crippen MR) is 93.7 cm³/mol. The Morgan fingerprint density at radius 3 is 1.92 bits per heavy atom. The first-order chi connectivity index (χ1) is 11.2. The van der Waals surface area contributed by atoms with Gasteiger partial charge in [-0.25, -0.2) is 0 Å². The highest BCUT2D eigenvalue weighted by Gasteiger charge is 2.69. The fourth-order valence-corrected chi connectivity index (χ4v) is 4.48. The molecule has 0 spiro atoms. The predicted octanol–water partition coefficient (Wildman–Crippen LogP) is 3.38. The summed E-state index contributed by atoms with van der Waals surface area (Å²) in [5, 5.41) is 20.0. The SMILES string of the molecule is C#CCN1C(C)(C(=O)O)CC(CCCC)(CCCC)C1(C)C(=O)O. The summed E-state index contributed by atoms with van der Waals surface area (Å²) in [7, 11) is 0. The van der Waals surface area contributed by atoms with Crippen molar-refractivity contribution in [1.29, 1.82) is 0 Å². The lowest BCUT2D eigenvalue weighted by atomic mass is 9.63. The Balaban J connectivity index is 3.56. The Kier molecular flexibility index (Phi) is 6.46. The monoisotopic (exact) mass is 337 g/mol. The molecule has 1 aliphatic rings. The van der Waals surface area contributed by atoms with Gasteiger partial charge in [-0.15, -0.1) is 6.42 Å². The van der Waals surface area contributed by atoms with Gasteiger partial charge in [-0.1, -0.05) is 45.5 Å². The summed E-state index contributed by atoms with van der Waals surface area (Å²) in [4.78, 5) is 25.9. The number of hydrogen-bond donors (Lipinski definition) is 2. The molecule has 0 aliphatic carbocycles. The first-order valence-corrected chi connectivity index (χ1v) is 8.84. The number of hydrogen-bond acceptors (Lipinski definition) is 3. The van der Waals surface area contributed by atoms with Gasteiger partial charge in [0.2, 0.25) is 0 Å². The Bertz CT molecular complexity index is 516. The fourth-order valence-electron chi connectivity index (χ4n) is 4.48. The molecule has 0 aromatic carbocycles. The van der Waals surface area contributed by atoms with E-state index in [1.807, 2.05) is 0 Å². The topological polar surface area (TPSA) is 77.8 Å². The Morgan fingerprint density at radius 1 is 1.08 bits per heavy atom. The summed E-state index contributed by atoms with van der Waals surface area (Å²) >= 11 is 0. The lowest BCUT2D eigenvalue weighted by Crippen LogP contribution is -2.62. The molecule has 2 atom stereocenters. The number of terminal acetylenes is 1. The van der Waals surface area contributed by atoms with Crippen LogP contribution in [-0.4, -0.2) is 44.7 Å². The van der Waals surface area contributed by atoms with Gasteiger partial charge in [0.05, 0.1) is 6.54 Å². The molecule has 24 heavy (non-hydrogen) atoms. The van der Waals surface area contributed by atoms with E-state index >= 15 is 0 Å². The van der Waals surface area contributed by atoms with E-state index in [-0.39, 0.29) is 6.54 Å². The molecule has 2 unspecified atom stereocenters. The van der Waals surface area contributed by atoms with Gasteiger partial charge in [0.25, 0.3) is 0 Å². The van der Waals surface area contributed by atoms with Crippen molar-refractivity contribution in [2.75, 3.05) is 6.54 Å². The molecule has 1 heterocycles. The van der Waals surface area contributed by atoms with E-state index in [0.29, 0.717) is 19.3 Å². The van der Waals surface area contributed by atoms with Crippen molar-refractivity contribution in [1.82, 2.24) is 4.90 Å². The van der Waals surface area contributed by atoms with Gasteiger partial charge in [0.15, 0.2) is 0 Å². The Morgan fingerprint density at radius 2 is 1.58 bits per heavy atom. The van der Waals surface area contributed by atoms with Gasteiger partial charge in [-0.2, -0.15) is 0 Å². The molecule has 0 radical (unpaired) electrons. The largest absolute Gasteiger partial charge is 0.480 e.